The van der Waals surface area contributed by atoms with E-state index in [0.29, 0.717) is 0 Å². The number of H-pyrrole nitrogens is 1. The standard InChI is InChI=1S/C12H15N3/c1-2-10-4-3-5-11(8-10)13-9-12-6-7-14-15-12/h3-8,13H,2,9H2,1H3,(H,14,15). The Morgan fingerprint density at radius 3 is 3.00 bits per heavy atom. The van der Waals surface area contributed by atoms with Gasteiger partial charge in [-0.2, -0.15) is 5.10 Å². The van der Waals surface area contributed by atoms with Crippen LogP contribution in [0.4, 0.5) is 5.69 Å². The van der Waals surface area contributed by atoms with Crippen molar-refractivity contribution in [3.8, 4) is 0 Å². The van der Waals surface area contributed by atoms with Crippen LogP contribution in [0.1, 0.15) is 18.2 Å². The van der Waals surface area contributed by atoms with Gasteiger partial charge in [-0.25, -0.2) is 0 Å². The van der Waals surface area contributed by atoms with Gasteiger partial charge in [0, 0.05) is 11.9 Å². The first-order valence-corrected chi connectivity index (χ1v) is 5.19. The zero-order valence-corrected chi connectivity index (χ0v) is 8.83. The van der Waals surface area contributed by atoms with E-state index in [4.69, 9.17) is 0 Å². The minimum absolute atomic E-state index is 0.785. The Labute approximate surface area is 89.5 Å². The van der Waals surface area contributed by atoms with Crippen molar-refractivity contribution in [2.45, 2.75) is 19.9 Å². The maximum atomic E-state index is 3.90. The summed E-state index contributed by atoms with van der Waals surface area (Å²) in [7, 11) is 0. The van der Waals surface area contributed by atoms with Crippen LogP contribution >= 0.6 is 0 Å². The Hall–Kier alpha value is -1.77. The first kappa shape index (κ1) is 9.77. The van der Waals surface area contributed by atoms with Crippen LogP contribution in [0.5, 0.6) is 0 Å². The van der Waals surface area contributed by atoms with Gasteiger partial charge in [0.15, 0.2) is 0 Å². The van der Waals surface area contributed by atoms with Gasteiger partial charge in [-0.15, -0.1) is 0 Å². The van der Waals surface area contributed by atoms with E-state index in [2.05, 4.69) is 46.7 Å². The van der Waals surface area contributed by atoms with Crippen molar-refractivity contribution in [3.05, 3.63) is 47.8 Å². The SMILES string of the molecule is CCc1cccc(NCc2ccn[nH]2)c1. The molecule has 15 heavy (non-hydrogen) atoms. The van der Waals surface area contributed by atoms with Crippen molar-refractivity contribution in [1.29, 1.82) is 0 Å². The highest BCUT2D eigenvalue weighted by Crippen LogP contribution is 2.11. The van der Waals surface area contributed by atoms with E-state index in [0.717, 1.165) is 24.3 Å². The fourth-order valence-corrected chi connectivity index (χ4v) is 1.48. The molecule has 0 radical (unpaired) electrons. The quantitative estimate of drug-likeness (QED) is 0.798. The summed E-state index contributed by atoms with van der Waals surface area (Å²) in [5.74, 6) is 0. The zero-order valence-electron chi connectivity index (χ0n) is 8.83. The average molecular weight is 201 g/mol. The van der Waals surface area contributed by atoms with Crippen molar-refractivity contribution in [2.75, 3.05) is 5.32 Å². The topological polar surface area (TPSA) is 40.7 Å². The molecule has 0 amide bonds. The molecule has 2 aromatic rings. The Bertz CT molecular complexity index is 407. The normalized spacial score (nSPS) is 10.2. The molecular weight excluding hydrogens is 186 g/mol. The van der Waals surface area contributed by atoms with Crippen molar-refractivity contribution in [3.63, 3.8) is 0 Å². The number of nitrogens with one attached hydrogen (secondary N) is 2. The van der Waals surface area contributed by atoms with Crippen LogP contribution < -0.4 is 5.32 Å². The monoisotopic (exact) mass is 201 g/mol. The predicted octanol–water partition coefficient (Wildman–Crippen LogP) is 2.58. The van der Waals surface area contributed by atoms with E-state index >= 15 is 0 Å². The second-order valence-corrected chi connectivity index (χ2v) is 3.49. The highest BCUT2D eigenvalue weighted by atomic mass is 15.1. The molecule has 0 bridgehead atoms. The van der Waals surface area contributed by atoms with Crippen LogP contribution in [0.2, 0.25) is 0 Å². The van der Waals surface area contributed by atoms with E-state index in [1.54, 1.807) is 6.20 Å². The molecule has 0 atom stereocenters. The Balaban J connectivity index is 1.98. The molecule has 78 valence electrons. The van der Waals surface area contributed by atoms with E-state index < -0.39 is 0 Å². The van der Waals surface area contributed by atoms with E-state index in [-0.39, 0.29) is 0 Å². The molecule has 3 heteroatoms. The Morgan fingerprint density at radius 1 is 1.33 bits per heavy atom. The molecule has 2 rings (SSSR count). The summed E-state index contributed by atoms with van der Waals surface area (Å²) in [5.41, 5.74) is 3.60. The lowest BCUT2D eigenvalue weighted by Crippen LogP contribution is -2.00. The summed E-state index contributed by atoms with van der Waals surface area (Å²) in [4.78, 5) is 0. The Kier molecular flexibility index (Phi) is 3.02. The highest BCUT2D eigenvalue weighted by molar-refractivity contribution is 5.45. The van der Waals surface area contributed by atoms with Crippen LogP contribution in [-0.4, -0.2) is 10.2 Å². The van der Waals surface area contributed by atoms with Crippen LogP contribution in [0.25, 0.3) is 0 Å². The van der Waals surface area contributed by atoms with Gasteiger partial charge in [-0.1, -0.05) is 19.1 Å². The molecule has 0 fully saturated rings. The smallest absolute Gasteiger partial charge is 0.0567 e. The molecule has 1 aromatic carbocycles. The van der Waals surface area contributed by atoms with Gasteiger partial charge in [0.25, 0.3) is 0 Å². The molecule has 3 nitrogen and oxygen atoms in total. The number of hydrogen-bond acceptors (Lipinski definition) is 2. The van der Waals surface area contributed by atoms with Gasteiger partial charge in [-0.05, 0) is 30.2 Å². The van der Waals surface area contributed by atoms with Crippen LogP contribution in [0, 0.1) is 0 Å². The number of benzene rings is 1. The number of nitrogens with zero attached hydrogens (tertiary/aromatic N) is 1. The lowest BCUT2D eigenvalue weighted by atomic mass is 10.1. The zero-order chi connectivity index (χ0) is 10.5. The molecule has 0 unspecified atom stereocenters. The molecule has 0 saturated carbocycles. The summed E-state index contributed by atoms with van der Waals surface area (Å²) in [5, 5.41) is 10.2. The van der Waals surface area contributed by atoms with Gasteiger partial charge in [0.2, 0.25) is 0 Å². The number of rotatable bonds is 4. The van der Waals surface area contributed by atoms with Gasteiger partial charge >= 0.3 is 0 Å². The fourth-order valence-electron chi connectivity index (χ4n) is 1.48. The van der Waals surface area contributed by atoms with Crippen molar-refractivity contribution < 1.29 is 0 Å². The summed E-state index contributed by atoms with van der Waals surface area (Å²) >= 11 is 0. The van der Waals surface area contributed by atoms with Gasteiger partial charge in [0.05, 0.1) is 12.2 Å². The predicted molar refractivity (Wildman–Crippen MR) is 61.7 cm³/mol. The lowest BCUT2D eigenvalue weighted by molar-refractivity contribution is 0.980. The third-order valence-corrected chi connectivity index (χ3v) is 2.38. The molecule has 0 aliphatic carbocycles. The third kappa shape index (κ3) is 2.59. The number of aryl methyl sites for hydroxylation is 1. The minimum Gasteiger partial charge on any atom is -0.379 e. The minimum atomic E-state index is 0.785. The van der Waals surface area contributed by atoms with Crippen LogP contribution in [0.15, 0.2) is 36.5 Å². The Morgan fingerprint density at radius 2 is 2.27 bits per heavy atom. The van der Waals surface area contributed by atoms with Crippen molar-refractivity contribution >= 4 is 5.69 Å². The number of aromatic nitrogens is 2. The van der Waals surface area contributed by atoms with Gasteiger partial charge in [-0.3, -0.25) is 5.10 Å². The highest BCUT2D eigenvalue weighted by Gasteiger charge is 1.95. The maximum Gasteiger partial charge on any atom is 0.0567 e. The van der Waals surface area contributed by atoms with E-state index in [9.17, 15) is 0 Å². The number of hydrogen-bond donors (Lipinski definition) is 2. The third-order valence-electron chi connectivity index (χ3n) is 2.38. The average Bonchev–Trinajstić information content (AvgIpc) is 2.79. The summed E-state index contributed by atoms with van der Waals surface area (Å²) in [6, 6.07) is 10.4. The van der Waals surface area contributed by atoms with Crippen LogP contribution in [-0.2, 0) is 13.0 Å². The summed E-state index contributed by atoms with van der Waals surface area (Å²) in [6.07, 6.45) is 2.83. The van der Waals surface area contributed by atoms with Crippen molar-refractivity contribution in [1.82, 2.24) is 10.2 Å². The number of anilines is 1. The summed E-state index contributed by atoms with van der Waals surface area (Å²) < 4.78 is 0. The first-order chi connectivity index (χ1) is 7.38. The van der Waals surface area contributed by atoms with Gasteiger partial charge in [0.1, 0.15) is 0 Å². The molecule has 0 spiro atoms. The van der Waals surface area contributed by atoms with E-state index in [1.165, 1.54) is 5.56 Å². The molecule has 1 heterocycles. The largest absolute Gasteiger partial charge is 0.379 e. The van der Waals surface area contributed by atoms with Gasteiger partial charge < -0.3 is 5.32 Å². The fraction of sp³-hybridized carbons (Fsp3) is 0.250. The first-order valence-electron chi connectivity index (χ1n) is 5.19. The number of aromatic amines is 1. The molecule has 2 N–H and O–H groups in total. The van der Waals surface area contributed by atoms with Crippen molar-refractivity contribution in [2.24, 2.45) is 0 Å². The lowest BCUT2D eigenvalue weighted by Gasteiger charge is -2.06. The summed E-state index contributed by atoms with van der Waals surface area (Å²) in [6.45, 7) is 2.95. The second kappa shape index (κ2) is 4.64. The molecular formula is C12H15N3. The van der Waals surface area contributed by atoms with E-state index in [1.807, 2.05) is 6.07 Å². The maximum absolute atomic E-state index is 3.90. The second-order valence-electron chi connectivity index (χ2n) is 3.49. The molecule has 0 saturated heterocycles. The molecule has 1 aromatic heterocycles. The van der Waals surface area contributed by atoms with Crippen LogP contribution in [0.3, 0.4) is 0 Å². The molecule has 0 aliphatic heterocycles. The molecule has 0 aliphatic rings.